The van der Waals surface area contributed by atoms with Gasteiger partial charge in [-0.1, -0.05) is 19.4 Å². The monoisotopic (exact) mass is 348 g/mol. The molecule has 0 radical (unpaired) electrons. The standard InChI is InChI=1S/C13H21BrN2O2S/c1-4-7-13(2,3)16-19(17,18)12-8-10(9-15)5-6-11(12)14/h5-6,8,16H,4,7,9,15H2,1-3H3. The molecule has 108 valence electrons. The molecule has 0 aliphatic rings. The van der Waals surface area contributed by atoms with Crippen LogP contribution in [0.15, 0.2) is 27.6 Å². The Hall–Kier alpha value is -0.430. The largest absolute Gasteiger partial charge is 0.326 e. The number of hydrogen-bond acceptors (Lipinski definition) is 3. The minimum Gasteiger partial charge on any atom is -0.326 e. The number of hydrogen-bond donors (Lipinski definition) is 2. The first kappa shape index (κ1) is 16.6. The molecule has 0 amide bonds. The van der Waals surface area contributed by atoms with Crippen LogP contribution in [0.2, 0.25) is 0 Å². The molecule has 0 aliphatic heterocycles. The van der Waals surface area contributed by atoms with Crippen LogP contribution in [0.25, 0.3) is 0 Å². The average Bonchev–Trinajstić information content (AvgIpc) is 2.27. The summed E-state index contributed by atoms with van der Waals surface area (Å²) in [7, 11) is -3.56. The number of rotatable bonds is 6. The van der Waals surface area contributed by atoms with E-state index in [9.17, 15) is 8.42 Å². The maximum absolute atomic E-state index is 12.4. The zero-order valence-electron chi connectivity index (χ0n) is 11.5. The molecule has 1 aromatic carbocycles. The Morgan fingerprint density at radius 2 is 2.00 bits per heavy atom. The Balaban J connectivity index is 3.13. The fraction of sp³-hybridized carbons (Fsp3) is 0.538. The van der Waals surface area contributed by atoms with Crippen LogP contribution in [0.3, 0.4) is 0 Å². The van der Waals surface area contributed by atoms with E-state index in [-0.39, 0.29) is 4.90 Å². The number of nitrogens with two attached hydrogens (primary N) is 1. The topological polar surface area (TPSA) is 72.2 Å². The van der Waals surface area contributed by atoms with Gasteiger partial charge in [0.1, 0.15) is 0 Å². The van der Waals surface area contributed by atoms with Crippen LogP contribution >= 0.6 is 15.9 Å². The van der Waals surface area contributed by atoms with Crippen molar-refractivity contribution >= 4 is 26.0 Å². The van der Waals surface area contributed by atoms with Crippen LogP contribution in [-0.2, 0) is 16.6 Å². The molecule has 0 spiro atoms. The van der Waals surface area contributed by atoms with Crippen molar-refractivity contribution in [2.45, 2.75) is 50.6 Å². The molecule has 0 bridgehead atoms. The third-order valence-corrected chi connectivity index (χ3v) is 5.50. The Bertz CT molecular complexity index is 542. The SMILES string of the molecule is CCCC(C)(C)NS(=O)(=O)c1cc(CN)ccc1Br. The lowest BCUT2D eigenvalue weighted by molar-refractivity contribution is 0.417. The molecule has 0 atom stereocenters. The van der Waals surface area contributed by atoms with E-state index in [1.165, 1.54) is 0 Å². The molecule has 0 aromatic heterocycles. The zero-order chi connectivity index (χ0) is 14.7. The first-order valence-electron chi connectivity index (χ1n) is 6.24. The highest BCUT2D eigenvalue weighted by Gasteiger charge is 2.27. The first-order chi connectivity index (χ1) is 8.72. The van der Waals surface area contributed by atoms with Crippen LogP contribution < -0.4 is 10.5 Å². The van der Waals surface area contributed by atoms with E-state index < -0.39 is 15.6 Å². The van der Waals surface area contributed by atoms with Crippen molar-refractivity contribution in [2.24, 2.45) is 5.73 Å². The van der Waals surface area contributed by atoms with E-state index in [2.05, 4.69) is 20.7 Å². The fourth-order valence-corrected chi connectivity index (χ4v) is 4.43. The summed E-state index contributed by atoms with van der Waals surface area (Å²) < 4.78 is 28.1. The van der Waals surface area contributed by atoms with Gasteiger partial charge < -0.3 is 5.73 Å². The molecule has 0 saturated carbocycles. The maximum atomic E-state index is 12.4. The molecule has 0 saturated heterocycles. The Morgan fingerprint density at radius 3 is 2.53 bits per heavy atom. The van der Waals surface area contributed by atoms with Crippen LogP contribution in [0.1, 0.15) is 39.2 Å². The highest BCUT2D eigenvalue weighted by Crippen LogP contribution is 2.25. The molecule has 3 N–H and O–H groups in total. The van der Waals surface area contributed by atoms with E-state index >= 15 is 0 Å². The van der Waals surface area contributed by atoms with Crippen molar-refractivity contribution in [2.75, 3.05) is 0 Å². The second kappa shape index (κ2) is 6.35. The summed E-state index contributed by atoms with van der Waals surface area (Å²) in [5, 5.41) is 0. The van der Waals surface area contributed by atoms with Crippen LogP contribution in [-0.4, -0.2) is 14.0 Å². The van der Waals surface area contributed by atoms with Gasteiger partial charge in [0.25, 0.3) is 0 Å². The summed E-state index contributed by atoms with van der Waals surface area (Å²) >= 11 is 3.28. The van der Waals surface area contributed by atoms with Gasteiger partial charge in [-0.05, 0) is 53.9 Å². The lowest BCUT2D eigenvalue weighted by atomic mass is 10.0. The molecule has 0 fully saturated rings. The molecular formula is C13H21BrN2O2S. The first-order valence-corrected chi connectivity index (χ1v) is 8.52. The normalized spacial score (nSPS) is 12.7. The molecule has 4 nitrogen and oxygen atoms in total. The van der Waals surface area contributed by atoms with Gasteiger partial charge >= 0.3 is 0 Å². The highest BCUT2D eigenvalue weighted by molar-refractivity contribution is 9.10. The molecule has 0 heterocycles. The minimum atomic E-state index is -3.56. The number of nitrogens with one attached hydrogen (secondary N) is 1. The third-order valence-electron chi connectivity index (χ3n) is 2.81. The zero-order valence-corrected chi connectivity index (χ0v) is 13.9. The summed E-state index contributed by atoms with van der Waals surface area (Å²) in [6.07, 6.45) is 1.69. The predicted octanol–water partition coefficient (Wildman–Crippen LogP) is 2.76. The Kier molecular flexibility index (Phi) is 5.55. The molecule has 0 aliphatic carbocycles. The second-order valence-corrected chi connectivity index (χ2v) is 7.71. The second-order valence-electron chi connectivity index (χ2n) is 5.21. The summed E-state index contributed by atoms with van der Waals surface area (Å²) in [5.74, 6) is 0. The van der Waals surface area contributed by atoms with E-state index in [4.69, 9.17) is 5.73 Å². The van der Waals surface area contributed by atoms with E-state index in [0.717, 1.165) is 18.4 Å². The van der Waals surface area contributed by atoms with Gasteiger partial charge in [-0.3, -0.25) is 0 Å². The predicted molar refractivity (Wildman–Crippen MR) is 81.3 cm³/mol. The molecule has 1 rings (SSSR count). The minimum absolute atomic E-state index is 0.236. The summed E-state index contributed by atoms with van der Waals surface area (Å²) in [6, 6.07) is 5.12. The highest BCUT2D eigenvalue weighted by atomic mass is 79.9. The van der Waals surface area contributed by atoms with Gasteiger partial charge in [-0.25, -0.2) is 13.1 Å². The van der Waals surface area contributed by atoms with Crippen molar-refractivity contribution in [1.29, 1.82) is 0 Å². The number of halogens is 1. The lowest BCUT2D eigenvalue weighted by Crippen LogP contribution is -2.43. The van der Waals surface area contributed by atoms with Gasteiger partial charge in [0.2, 0.25) is 10.0 Å². The fourth-order valence-electron chi connectivity index (χ4n) is 1.98. The van der Waals surface area contributed by atoms with Gasteiger partial charge in [0.05, 0.1) is 4.90 Å². The van der Waals surface area contributed by atoms with E-state index in [1.54, 1.807) is 18.2 Å². The smallest absolute Gasteiger partial charge is 0.242 e. The van der Waals surface area contributed by atoms with Crippen LogP contribution in [0, 0.1) is 0 Å². The summed E-state index contributed by atoms with van der Waals surface area (Å²) in [4.78, 5) is 0.236. The Labute approximate surface area is 124 Å². The van der Waals surface area contributed by atoms with Gasteiger partial charge in [-0.15, -0.1) is 0 Å². The third kappa shape index (κ3) is 4.56. The van der Waals surface area contributed by atoms with Crippen molar-refractivity contribution in [3.63, 3.8) is 0 Å². The lowest BCUT2D eigenvalue weighted by Gasteiger charge is -2.25. The molecule has 19 heavy (non-hydrogen) atoms. The molecule has 6 heteroatoms. The molecular weight excluding hydrogens is 328 g/mol. The average molecular weight is 349 g/mol. The van der Waals surface area contributed by atoms with Crippen molar-refractivity contribution < 1.29 is 8.42 Å². The quantitative estimate of drug-likeness (QED) is 0.830. The van der Waals surface area contributed by atoms with Gasteiger partial charge in [0.15, 0.2) is 0 Å². The maximum Gasteiger partial charge on any atom is 0.242 e. The van der Waals surface area contributed by atoms with Crippen LogP contribution in [0.5, 0.6) is 0 Å². The van der Waals surface area contributed by atoms with Crippen molar-refractivity contribution in [3.05, 3.63) is 28.2 Å². The summed E-state index contributed by atoms with van der Waals surface area (Å²) in [5.41, 5.74) is 5.88. The van der Waals surface area contributed by atoms with E-state index in [1.807, 2.05) is 20.8 Å². The summed E-state index contributed by atoms with van der Waals surface area (Å²) in [6.45, 7) is 6.11. The number of sulfonamides is 1. The van der Waals surface area contributed by atoms with E-state index in [0.29, 0.717) is 11.0 Å². The number of benzene rings is 1. The van der Waals surface area contributed by atoms with Crippen LogP contribution in [0.4, 0.5) is 0 Å². The Morgan fingerprint density at radius 1 is 1.37 bits per heavy atom. The molecule has 1 aromatic rings. The van der Waals surface area contributed by atoms with Crippen molar-refractivity contribution in [3.8, 4) is 0 Å². The van der Waals surface area contributed by atoms with Gasteiger partial charge in [0, 0.05) is 16.6 Å². The van der Waals surface area contributed by atoms with Crippen molar-refractivity contribution in [1.82, 2.24) is 4.72 Å². The molecule has 0 unspecified atom stereocenters. The van der Waals surface area contributed by atoms with Gasteiger partial charge in [-0.2, -0.15) is 0 Å².